The van der Waals surface area contributed by atoms with Gasteiger partial charge in [-0.2, -0.15) is 0 Å². The Balaban J connectivity index is 1.00. The molecule has 3 atom stereocenters. The fraction of sp³-hybridized carbons (Fsp3) is 0.296. The Bertz CT molecular complexity index is 1380. The topological polar surface area (TPSA) is 114 Å². The lowest BCUT2D eigenvalue weighted by atomic mass is 10.0. The second kappa shape index (κ2) is 10.5. The molecule has 3 heterocycles. The Labute approximate surface area is 222 Å². The summed E-state index contributed by atoms with van der Waals surface area (Å²) in [6, 6.07) is 11.1. The number of pyridine rings is 1. The van der Waals surface area contributed by atoms with Gasteiger partial charge in [0, 0.05) is 42.1 Å². The van der Waals surface area contributed by atoms with E-state index in [9.17, 15) is 18.4 Å². The Morgan fingerprint density at radius 3 is 2.46 bits per heavy atom. The fourth-order valence-electron chi connectivity index (χ4n) is 4.87. The third kappa shape index (κ3) is 5.33. The minimum absolute atomic E-state index is 0.0795. The van der Waals surface area contributed by atoms with Crippen LogP contribution in [0.15, 0.2) is 54.7 Å². The van der Waals surface area contributed by atoms with E-state index in [0.717, 1.165) is 12.1 Å². The number of hydrogen-bond donors (Lipinski definition) is 3. The molecular formula is C27H25F2N5O5. The molecule has 0 radical (unpaired) electrons. The second-order valence-electron chi connectivity index (χ2n) is 9.44. The molecular weight excluding hydrogens is 512 g/mol. The van der Waals surface area contributed by atoms with E-state index in [0.29, 0.717) is 43.4 Å². The number of rotatable bonds is 6. The first kappa shape index (κ1) is 25.0. The third-order valence-electron chi connectivity index (χ3n) is 6.92. The van der Waals surface area contributed by atoms with Crippen molar-refractivity contribution in [1.82, 2.24) is 20.7 Å². The van der Waals surface area contributed by atoms with Crippen molar-refractivity contribution in [2.45, 2.75) is 12.0 Å². The Morgan fingerprint density at radius 2 is 1.72 bits per heavy atom. The van der Waals surface area contributed by atoms with Crippen LogP contribution in [0.4, 0.5) is 19.4 Å². The molecule has 1 aromatic heterocycles. The Kier molecular flexibility index (Phi) is 6.71. The maximum Gasteiger partial charge on any atom is 0.320 e. The highest BCUT2D eigenvalue weighted by atomic mass is 19.1. The molecule has 0 spiro atoms. The number of nitrogens with one attached hydrogen (secondary N) is 3. The molecule has 2 unspecified atom stereocenters. The van der Waals surface area contributed by atoms with E-state index < -0.39 is 17.7 Å². The van der Waals surface area contributed by atoms with Crippen LogP contribution in [-0.4, -0.2) is 60.9 Å². The SMILES string of the molecule is O=C(Nc1ccc(Oc2ccc(C(=O)NN3CCOCC3)cc2)cn1)N[C@@H]1C2COc3c(F)ccc(F)c3C21. The van der Waals surface area contributed by atoms with E-state index in [2.05, 4.69) is 21.0 Å². The van der Waals surface area contributed by atoms with Gasteiger partial charge in [-0.3, -0.25) is 15.5 Å². The summed E-state index contributed by atoms with van der Waals surface area (Å²) in [4.78, 5) is 29.1. The summed E-state index contributed by atoms with van der Waals surface area (Å²) in [6.07, 6.45) is 1.45. The van der Waals surface area contributed by atoms with Gasteiger partial charge in [0.2, 0.25) is 0 Å². The minimum atomic E-state index is -0.614. The average Bonchev–Trinajstić information content (AvgIpc) is 3.65. The smallest absolute Gasteiger partial charge is 0.320 e. The molecule has 2 aromatic carbocycles. The summed E-state index contributed by atoms with van der Waals surface area (Å²) in [7, 11) is 0. The Morgan fingerprint density at radius 1 is 0.974 bits per heavy atom. The summed E-state index contributed by atoms with van der Waals surface area (Å²) in [5, 5.41) is 7.25. The van der Waals surface area contributed by atoms with E-state index in [1.807, 2.05) is 5.01 Å². The molecule has 0 bridgehead atoms. The van der Waals surface area contributed by atoms with Gasteiger partial charge in [-0.05, 0) is 48.5 Å². The van der Waals surface area contributed by atoms with Gasteiger partial charge in [0.05, 0.1) is 26.0 Å². The van der Waals surface area contributed by atoms with Crippen molar-refractivity contribution in [3.8, 4) is 17.2 Å². The van der Waals surface area contributed by atoms with Gasteiger partial charge in [-0.1, -0.05) is 0 Å². The van der Waals surface area contributed by atoms with E-state index in [4.69, 9.17) is 14.2 Å². The molecule has 3 N–H and O–H groups in total. The number of benzene rings is 2. The first-order valence-corrected chi connectivity index (χ1v) is 12.5. The molecule has 1 aliphatic carbocycles. The van der Waals surface area contributed by atoms with Crippen LogP contribution in [0.25, 0.3) is 0 Å². The van der Waals surface area contributed by atoms with Gasteiger partial charge in [-0.25, -0.2) is 23.6 Å². The molecule has 3 aromatic rings. The number of aromatic nitrogens is 1. The van der Waals surface area contributed by atoms with Gasteiger partial charge in [-0.15, -0.1) is 0 Å². The van der Waals surface area contributed by atoms with Crippen LogP contribution in [0.1, 0.15) is 21.8 Å². The molecule has 12 heteroatoms. The second-order valence-corrected chi connectivity index (χ2v) is 9.44. The molecule has 6 rings (SSSR count). The van der Waals surface area contributed by atoms with Gasteiger partial charge in [0.15, 0.2) is 11.6 Å². The fourth-order valence-corrected chi connectivity index (χ4v) is 4.87. The number of hydrazine groups is 1. The predicted molar refractivity (Wildman–Crippen MR) is 135 cm³/mol. The number of nitrogens with zero attached hydrogens (tertiary/aromatic N) is 2. The average molecular weight is 538 g/mol. The summed E-state index contributed by atoms with van der Waals surface area (Å²) in [6.45, 7) is 2.63. The number of fused-ring (bicyclic) bond motifs is 3. The number of amides is 3. The highest BCUT2D eigenvalue weighted by Crippen LogP contribution is 2.55. The molecule has 39 heavy (non-hydrogen) atoms. The van der Waals surface area contributed by atoms with Crippen LogP contribution < -0.4 is 25.5 Å². The zero-order valence-electron chi connectivity index (χ0n) is 20.7. The number of ether oxygens (including phenoxy) is 3. The van der Waals surface area contributed by atoms with Crippen molar-refractivity contribution in [2.75, 3.05) is 38.2 Å². The lowest BCUT2D eigenvalue weighted by Gasteiger charge is -2.26. The lowest BCUT2D eigenvalue weighted by Crippen LogP contribution is -2.48. The van der Waals surface area contributed by atoms with Gasteiger partial charge >= 0.3 is 6.03 Å². The quantitative estimate of drug-likeness (QED) is 0.442. The van der Waals surface area contributed by atoms with Crippen LogP contribution in [0.3, 0.4) is 0 Å². The molecule has 3 amide bonds. The van der Waals surface area contributed by atoms with Crippen molar-refractivity contribution in [3.63, 3.8) is 0 Å². The number of hydrogen-bond acceptors (Lipinski definition) is 7. The van der Waals surface area contributed by atoms with E-state index in [1.165, 1.54) is 6.20 Å². The van der Waals surface area contributed by atoms with Crippen LogP contribution in [-0.2, 0) is 4.74 Å². The van der Waals surface area contributed by atoms with Gasteiger partial charge < -0.3 is 19.5 Å². The summed E-state index contributed by atoms with van der Waals surface area (Å²) in [5.74, 6) is -0.678. The number of anilines is 1. The monoisotopic (exact) mass is 537 g/mol. The summed E-state index contributed by atoms with van der Waals surface area (Å²) in [5.41, 5.74) is 3.52. The van der Waals surface area contributed by atoms with Crippen molar-refractivity contribution in [1.29, 1.82) is 0 Å². The highest BCUT2D eigenvalue weighted by Gasteiger charge is 2.57. The maximum absolute atomic E-state index is 14.3. The maximum atomic E-state index is 14.3. The zero-order valence-corrected chi connectivity index (χ0v) is 20.7. The first-order valence-electron chi connectivity index (χ1n) is 12.5. The Hall–Kier alpha value is -4.29. The van der Waals surface area contributed by atoms with Crippen molar-refractivity contribution in [2.24, 2.45) is 5.92 Å². The number of urea groups is 1. The van der Waals surface area contributed by atoms with Crippen LogP contribution in [0.5, 0.6) is 17.2 Å². The molecule has 1 saturated carbocycles. The van der Waals surface area contributed by atoms with E-state index >= 15 is 0 Å². The van der Waals surface area contributed by atoms with Crippen LogP contribution in [0, 0.1) is 17.6 Å². The highest BCUT2D eigenvalue weighted by molar-refractivity contribution is 5.94. The van der Waals surface area contributed by atoms with E-state index in [-0.39, 0.29) is 47.5 Å². The summed E-state index contributed by atoms with van der Waals surface area (Å²) < 4.78 is 44.7. The largest absolute Gasteiger partial charge is 0.490 e. The predicted octanol–water partition coefficient (Wildman–Crippen LogP) is 3.43. The standard InChI is InChI=1S/C27H25F2N5O5/c28-19-6-7-20(29)25-23(19)22-18(14-38-25)24(22)32-27(36)31-21-8-5-17(13-30-21)39-16-3-1-15(2-4-16)26(35)33-34-9-11-37-12-10-34/h1-8,13,18,22,24H,9-12,14H2,(H,33,35)(H2,30,31,32,36)/t18?,22?,24-/m1/s1. The van der Waals surface area contributed by atoms with Crippen molar-refractivity contribution in [3.05, 3.63) is 77.5 Å². The molecule has 10 nitrogen and oxygen atoms in total. The number of carbonyl (C=O) groups is 2. The molecule has 2 aliphatic heterocycles. The number of carbonyl (C=O) groups excluding carboxylic acids is 2. The van der Waals surface area contributed by atoms with Gasteiger partial charge in [0.25, 0.3) is 5.91 Å². The lowest BCUT2D eigenvalue weighted by molar-refractivity contribution is 0.0126. The molecule has 202 valence electrons. The van der Waals surface area contributed by atoms with Crippen LogP contribution >= 0.6 is 0 Å². The molecule has 2 fully saturated rings. The molecule has 1 saturated heterocycles. The normalized spacial score (nSPS) is 21.5. The number of halogens is 2. The first-order chi connectivity index (χ1) is 19.0. The zero-order chi connectivity index (χ0) is 26.9. The van der Waals surface area contributed by atoms with Crippen LogP contribution in [0.2, 0.25) is 0 Å². The molecule has 3 aliphatic rings. The summed E-state index contributed by atoms with van der Waals surface area (Å²) >= 11 is 0. The van der Waals surface area contributed by atoms with E-state index in [1.54, 1.807) is 36.4 Å². The van der Waals surface area contributed by atoms with Crippen molar-refractivity contribution >= 4 is 17.8 Å². The third-order valence-corrected chi connectivity index (χ3v) is 6.92. The van der Waals surface area contributed by atoms with Gasteiger partial charge in [0.1, 0.15) is 23.1 Å². The number of morpholine rings is 1. The minimum Gasteiger partial charge on any atom is -0.490 e. The van der Waals surface area contributed by atoms with Crippen molar-refractivity contribution < 1.29 is 32.6 Å².